The Morgan fingerprint density at radius 3 is 2.50 bits per heavy atom. The van der Waals surface area contributed by atoms with Crippen molar-refractivity contribution in [1.82, 2.24) is 9.80 Å². The molecule has 22 heavy (non-hydrogen) atoms. The number of rotatable bonds is 2. The Labute approximate surface area is 132 Å². The highest BCUT2D eigenvalue weighted by atomic mass is 16.6. The van der Waals surface area contributed by atoms with Crippen molar-refractivity contribution in [2.75, 3.05) is 32.8 Å². The Balaban J connectivity index is 1.87. The number of likely N-dealkylation sites (tertiary alicyclic amines) is 2. The Morgan fingerprint density at radius 1 is 1.14 bits per heavy atom. The first-order valence-electron chi connectivity index (χ1n) is 8.17. The van der Waals surface area contributed by atoms with Crippen molar-refractivity contribution in [2.45, 2.75) is 45.6 Å². The normalized spacial score (nSPS) is 26.2. The highest BCUT2D eigenvalue weighted by Crippen LogP contribution is 2.24. The van der Waals surface area contributed by atoms with Gasteiger partial charge in [-0.15, -0.1) is 0 Å². The molecule has 0 radical (unpaired) electrons. The molecule has 126 valence electrons. The first kappa shape index (κ1) is 17.1. The van der Waals surface area contributed by atoms with Gasteiger partial charge in [0.05, 0.1) is 5.92 Å². The zero-order valence-corrected chi connectivity index (χ0v) is 13.9. The minimum absolute atomic E-state index is 0.115. The molecule has 6 nitrogen and oxygen atoms in total. The van der Waals surface area contributed by atoms with Crippen molar-refractivity contribution in [1.29, 1.82) is 0 Å². The van der Waals surface area contributed by atoms with Crippen LogP contribution in [-0.2, 0) is 9.53 Å². The van der Waals surface area contributed by atoms with Gasteiger partial charge in [0, 0.05) is 32.8 Å². The van der Waals surface area contributed by atoms with Crippen LogP contribution < -0.4 is 0 Å². The second kappa shape index (κ2) is 6.86. The smallest absolute Gasteiger partial charge is 0.410 e. The molecule has 0 aromatic carbocycles. The van der Waals surface area contributed by atoms with Gasteiger partial charge in [-0.2, -0.15) is 0 Å². The largest absolute Gasteiger partial charge is 0.444 e. The summed E-state index contributed by atoms with van der Waals surface area (Å²) in [7, 11) is 0. The van der Waals surface area contributed by atoms with E-state index in [0.29, 0.717) is 26.1 Å². The summed E-state index contributed by atoms with van der Waals surface area (Å²) in [4.78, 5) is 28.1. The average molecular weight is 312 g/mol. The average Bonchev–Trinajstić information content (AvgIpc) is 2.94. The van der Waals surface area contributed by atoms with E-state index in [1.54, 1.807) is 4.90 Å². The molecule has 2 rings (SSSR count). The monoisotopic (exact) mass is 312 g/mol. The molecule has 0 aromatic heterocycles. The molecular formula is C16H28N2O4. The number of hydrogen-bond donors (Lipinski definition) is 1. The molecule has 6 heteroatoms. The second-order valence-corrected chi connectivity index (χ2v) is 7.39. The van der Waals surface area contributed by atoms with Crippen LogP contribution in [0.5, 0.6) is 0 Å². The van der Waals surface area contributed by atoms with Gasteiger partial charge in [-0.25, -0.2) is 4.79 Å². The number of aliphatic hydroxyl groups is 1. The number of piperidine rings is 1. The minimum Gasteiger partial charge on any atom is -0.444 e. The van der Waals surface area contributed by atoms with Gasteiger partial charge < -0.3 is 19.6 Å². The second-order valence-electron chi connectivity index (χ2n) is 7.39. The molecular weight excluding hydrogens is 284 g/mol. The molecule has 0 bridgehead atoms. The Bertz CT molecular complexity index is 419. The van der Waals surface area contributed by atoms with E-state index >= 15 is 0 Å². The van der Waals surface area contributed by atoms with Gasteiger partial charge in [0.1, 0.15) is 5.60 Å². The summed E-state index contributed by atoms with van der Waals surface area (Å²) >= 11 is 0. The lowest BCUT2D eigenvalue weighted by atomic mass is 9.97. The molecule has 2 saturated heterocycles. The fraction of sp³-hybridized carbons (Fsp3) is 0.875. The summed E-state index contributed by atoms with van der Waals surface area (Å²) in [5.41, 5.74) is -0.513. The van der Waals surface area contributed by atoms with E-state index in [-0.39, 0.29) is 30.4 Å². The fourth-order valence-corrected chi connectivity index (χ4v) is 3.13. The highest BCUT2D eigenvalue weighted by Gasteiger charge is 2.36. The SMILES string of the molecule is CC(C)(C)OC(=O)N1CCC(C(=O)N2CCCC(CO)C2)C1. The van der Waals surface area contributed by atoms with Gasteiger partial charge in [0.25, 0.3) is 0 Å². The van der Waals surface area contributed by atoms with Crippen LogP contribution in [0.4, 0.5) is 4.79 Å². The first-order valence-corrected chi connectivity index (χ1v) is 8.17. The fourth-order valence-electron chi connectivity index (χ4n) is 3.13. The van der Waals surface area contributed by atoms with E-state index in [4.69, 9.17) is 4.74 Å². The zero-order valence-electron chi connectivity index (χ0n) is 13.9. The Hall–Kier alpha value is -1.30. The van der Waals surface area contributed by atoms with E-state index in [2.05, 4.69) is 0 Å². The van der Waals surface area contributed by atoms with E-state index in [1.807, 2.05) is 25.7 Å². The lowest BCUT2D eigenvalue weighted by molar-refractivity contribution is -0.137. The van der Waals surface area contributed by atoms with E-state index in [1.165, 1.54) is 0 Å². The maximum atomic E-state index is 12.6. The maximum absolute atomic E-state index is 12.6. The molecule has 0 saturated carbocycles. The zero-order chi connectivity index (χ0) is 16.3. The lowest BCUT2D eigenvalue weighted by Crippen LogP contribution is -2.44. The van der Waals surface area contributed by atoms with E-state index in [0.717, 1.165) is 19.4 Å². The molecule has 2 unspecified atom stereocenters. The predicted molar refractivity (Wildman–Crippen MR) is 82.3 cm³/mol. The van der Waals surface area contributed by atoms with Gasteiger partial charge in [-0.05, 0) is 46.0 Å². The van der Waals surface area contributed by atoms with Crippen LogP contribution in [0.2, 0.25) is 0 Å². The highest BCUT2D eigenvalue weighted by molar-refractivity contribution is 5.80. The van der Waals surface area contributed by atoms with Gasteiger partial charge >= 0.3 is 6.09 Å². The van der Waals surface area contributed by atoms with Crippen molar-refractivity contribution in [3.63, 3.8) is 0 Å². The molecule has 2 heterocycles. The number of nitrogens with zero attached hydrogens (tertiary/aromatic N) is 2. The molecule has 2 aliphatic rings. The molecule has 2 atom stereocenters. The molecule has 0 aromatic rings. The first-order chi connectivity index (χ1) is 10.3. The molecule has 2 amide bonds. The van der Waals surface area contributed by atoms with Crippen LogP contribution in [0.1, 0.15) is 40.0 Å². The number of carbonyl (C=O) groups excluding carboxylic acids is 2. The minimum atomic E-state index is -0.513. The lowest BCUT2D eigenvalue weighted by Gasteiger charge is -2.33. The van der Waals surface area contributed by atoms with Crippen molar-refractivity contribution in [3.05, 3.63) is 0 Å². The maximum Gasteiger partial charge on any atom is 0.410 e. The van der Waals surface area contributed by atoms with Gasteiger partial charge in [-0.3, -0.25) is 4.79 Å². The van der Waals surface area contributed by atoms with Crippen molar-refractivity contribution in [3.8, 4) is 0 Å². The van der Waals surface area contributed by atoms with Gasteiger partial charge in [0.15, 0.2) is 0 Å². The summed E-state index contributed by atoms with van der Waals surface area (Å²) in [5, 5.41) is 9.27. The Morgan fingerprint density at radius 2 is 1.86 bits per heavy atom. The quantitative estimate of drug-likeness (QED) is 0.838. The van der Waals surface area contributed by atoms with Crippen LogP contribution in [0.25, 0.3) is 0 Å². The van der Waals surface area contributed by atoms with E-state index < -0.39 is 5.60 Å². The third kappa shape index (κ3) is 4.35. The van der Waals surface area contributed by atoms with Crippen molar-refractivity contribution >= 4 is 12.0 Å². The summed E-state index contributed by atoms with van der Waals surface area (Å²) in [6.45, 7) is 8.07. The Kier molecular flexibility index (Phi) is 5.32. The van der Waals surface area contributed by atoms with Gasteiger partial charge in [-0.1, -0.05) is 0 Å². The molecule has 1 N–H and O–H groups in total. The van der Waals surface area contributed by atoms with Crippen molar-refractivity contribution < 1.29 is 19.4 Å². The topological polar surface area (TPSA) is 70.1 Å². The molecule has 2 aliphatic heterocycles. The number of hydrogen-bond acceptors (Lipinski definition) is 4. The standard InChI is InChI=1S/C16H28N2O4/c1-16(2,3)22-15(21)18-8-6-13(10-18)14(20)17-7-4-5-12(9-17)11-19/h12-13,19H,4-11H2,1-3H3. The number of ether oxygens (including phenoxy) is 1. The van der Waals surface area contributed by atoms with Crippen LogP contribution in [-0.4, -0.2) is 65.3 Å². The number of carbonyl (C=O) groups is 2. The third-order valence-electron chi connectivity index (χ3n) is 4.28. The summed E-state index contributed by atoms with van der Waals surface area (Å²) < 4.78 is 5.36. The van der Waals surface area contributed by atoms with Crippen molar-refractivity contribution in [2.24, 2.45) is 11.8 Å². The molecule has 0 aliphatic carbocycles. The summed E-state index contributed by atoms with van der Waals surface area (Å²) in [5.74, 6) is 0.176. The molecule has 2 fully saturated rings. The predicted octanol–water partition coefficient (Wildman–Crippen LogP) is 1.47. The van der Waals surface area contributed by atoms with Crippen LogP contribution in [0.15, 0.2) is 0 Å². The number of aliphatic hydroxyl groups excluding tert-OH is 1. The number of amides is 2. The third-order valence-corrected chi connectivity index (χ3v) is 4.28. The summed E-state index contributed by atoms with van der Waals surface area (Å²) in [6, 6.07) is 0. The van der Waals surface area contributed by atoms with Crippen LogP contribution >= 0.6 is 0 Å². The molecule has 0 spiro atoms. The van der Waals surface area contributed by atoms with Crippen LogP contribution in [0.3, 0.4) is 0 Å². The van der Waals surface area contributed by atoms with E-state index in [9.17, 15) is 14.7 Å². The van der Waals surface area contributed by atoms with Gasteiger partial charge in [0.2, 0.25) is 5.91 Å². The summed E-state index contributed by atoms with van der Waals surface area (Å²) in [6.07, 6.45) is 2.28. The van der Waals surface area contributed by atoms with Crippen LogP contribution in [0, 0.1) is 11.8 Å².